The zero-order valence-electron chi connectivity index (χ0n) is 9.26. The van der Waals surface area contributed by atoms with Crippen LogP contribution >= 0.6 is 0 Å². The van der Waals surface area contributed by atoms with E-state index in [1.54, 1.807) is 12.1 Å². The van der Waals surface area contributed by atoms with Gasteiger partial charge < -0.3 is 5.11 Å². The normalized spacial score (nSPS) is 5.59. The molecule has 0 radical (unpaired) electrons. The molecule has 0 aliphatic heterocycles. The first kappa shape index (κ1) is 31.5. The van der Waals surface area contributed by atoms with Gasteiger partial charge >= 0.3 is 130 Å². The number of aromatic carboxylic acids is 1. The first-order valence-corrected chi connectivity index (χ1v) is 3.60. The van der Waals surface area contributed by atoms with Crippen molar-refractivity contribution >= 4 is 5.97 Å². The zero-order chi connectivity index (χ0) is 12.7. The van der Waals surface area contributed by atoms with Crippen LogP contribution in [-0.4, -0.2) is 37.1 Å². The molecule has 0 amide bonds. The Morgan fingerprint density at radius 1 is 1.06 bits per heavy atom. The van der Waals surface area contributed by atoms with E-state index < -0.39 is 5.97 Å². The summed E-state index contributed by atoms with van der Waals surface area (Å²) in [5.74, 6) is -0.990. The van der Waals surface area contributed by atoms with Gasteiger partial charge in [-0.25, -0.2) is 9.78 Å². The van der Waals surface area contributed by atoms with Gasteiger partial charge in [-0.3, -0.25) is 21.0 Å². The van der Waals surface area contributed by atoms with Crippen molar-refractivity contribution < 1.29 is 155 Å². The zero-order valence-corrected chi connectivity index (χ0v) is 16.9. The molecule has 17 heavy (non-hydrogen) atoms. The van der Waals surface area contributed by atoms with E-state index in [-0.39, 0.29) is 108 Å². The van der Waals surface area contributed by atoms with E-state index in [2.05, 4.69) is 4.98 Å². The molecule has 1 rings (SSSR count). The Morgan fingerprint density at radius 2 is 1.47 bits per heavy atom. The Bertz CT molecular complexity index is 241. The molecule has 1 aromatic rings. The molecule has 0 fully saturated rings. The van der Waals surface area contributed by atoms with Crippen LogP contribution in [0.25, 0.3) is 0 Å². The standard InChI is InChI=1S/C6H5NO2.2K.2H2O2.O.V/c8-6(9)5-3-1-2-4-7-5;;;2*1-2;;/h1-4H,(H,8,9);;;2*1-2H;;/q;2*+1;;;;. The quantitative estimate of drug-likeness (QED) is 0.194. The second-order valence-corrected chi connectivity index (χ2v) is 1.52. The van der Waals surface area contributed by atoms with E-state index in [9.17, 15) is 4.79 Å². The van der Waals surface area contributed by atoms with Gasteiger partial charge in [-0.2, -0.15) is 0 Å². The first-order chi connectivity index (χ1) is 7.30. The molecule has 0 atom stereocenters. The predicted octanol–water partition coefficient (Wildman–Crippen LogP) is -5.30. The number of pyridine rings is 1. The van der Waals surface area contributed by atoms with Crippen LogP contribution in [0, 0.1) is 0 Å². The molecule has 1 heterocycles. The summed E-state index contributed by atoms with van der Waals surface area (Å²) in [5.41, 5.74) is 0.0810. The number of hydrogen-bond acceptors (Lipinski definition) is 7. The van der Waals surface area contributed by atoms with E-state index >= 15 is 0 Å². The molecule has 0 aromatic carbocycles. The van der Waals surface area contributed by atoms with Crippen molar-refractivity contribution in [3.8, 4) is 0 Å². The average Bonchev–Trinajstić information content (AvgIpc) is 2.38. The SMILES string of the molecule is O=C(O)c1ccccn1.OO.OO.[K+].[K+].[O]=[V]. The summed E-state index contributed by atoms with van der Waals surface area (Å²) >= 11 is 1.06. The second-order valence-electron chi connectivity index (χ2n) is 1.52. The fourth-order valence-corrected chi connectivity index (χ4v) is 0.489. The van der Waals surface area contributed by atoms with Gasteiger partial charge in [0.2, 0.25) is 0 Å². The molecule has 1 aromatic heterocycles. The summed E-state index contributed by atoms with van der Waals surface area (Å²) in [7, 11) is 0. The van der Waals surface area contributed by atoms with Crippen molar-refractivity contribution in [1.29, 1.82) is 0 Å². The van der Waals surface area contributed by atoms with Crippen LogP contribution < -0.4 is 103 Å². The molecule has 0 aliphatic carbocycles. The topological polar surface area (TPSA) is 148 Å². The van der Waals surface area contributed by atoms with E-state index in [1.807, 2.05) is 0 Å². The van der Waals surface area contributed by atoms with Crippen molar-refractivity contribution in [1.82, 2.24) is 4.98 Å². The minimum atomic E-state index is -0.990. The number of carboxylic acid groups (broad SMARTS) is 1. The molecule has 0 bridgehead atoms. The van der Waals surface area contributed by atoms with Crippen LogP contribution in [0.15, 0.2) is 24.4 Å². The van der Waals surface area contributed by atoms with E-state index in [4.69, 9.17) is 29.8 Å². The summed E-state index contributed by atoms with van der Waals surface area (Å²) < 4.78 is 8.19. The van der Waals surface area contributed by atoms with Gasteiger partial charge in [0.1, 0.15) is 5.69 Å². The van der Waals surface area contributed by atoms with Crippen LogP contribution in [0.4, 0.5) is 0 Å². The average molecular weight is 336 g/mol. The van der Waals surface area contributed by atoms with Crippen LogP contribution in [0.1, 0.15) is 10.5 Å². The number of rotatable bonds is 1. The Morgan fingerprint density at radius 3 is 1.65 bits per heavy atom. The third-order valence-electron chi connectivity index (χ3n) is 0.884. The van der Waals surface area contributed by atoms with Gasteiger partial charge in [0, 0.05) is 6.20 Å². The van der Waals surface area contributed by atoms with Crippen molar-refractivity contribution in [2.45, 2.75) is 0 Å². The Hall–Kier alpha value is 2.12. The van der Waals surface area contributed by atoms with E-state index in [0.29, 0.717) is 0 Å². The Labute approximate surface area is 191 Å². The molecule has 0 saturated heterocycles. The van der Waals surface area contributed by atoms with E-state index in [0.717, 1.165) is 17.4 Å². The van der Waals surface area contributed by atoms with Gasteiger partial charge in [0.15, 0.2) is 0 Å². The Kier molecular flexibility index (Phi) is 57.1. The molecule has 0 aliphatic rings. The number of carboxylic acids is 1. The number of nitrogens with zero attached hydrogens (tertiary/aromatic N) is 1. The molecule has 5 N–H and O–H groups in total. The maximum absolute atomic E-state index is 10.1. The van der Waals surface area contributed by atoms with Crippen LogP contribution in [0.5, 0.6) is 0 Å². The van der Waals surface area contributed by atoms with Crippen LogP contribution in [0.2, 0.25) is 0 Å². The fourth-order valence-electron chi connectivity index (χ4n) is 0.489. The fraction of sp³-hybridized carbons (Fsp3) is 0. The minimum absolute atomic E-state index is 0. The van der Waals surface area contributed by atoms with Crippen LogP contribution in [-0.2, 0) is 21.0 Å². The second kappa shape index (κ2) is 30.9. The van der Waals surface area contributed by atoms with Gasteiger partial charge in [-0.05, 0) is 12.1 Å². The molecular weight excluding hydrogens is 327 g/mol. The van der Waals surface area contributed by atoms with E-state index in [1.165, 1.54) is 12.3 Å². The van der Waals surface area contributed by atoms with Gasteiger partial charge in [0.25, 0.3) is 0 Å². The van der Waals surface area contributed by atoms with Crippen molar-refractivity contribution in [2.24, 2.45) is 0 Å². The summed E-state index contributed by atoms with van der Waals surface area (Å²) in [6.45, 7) is 0. The first-order valence-electron chi connectivity index (χ1n) is 3.03. The summed E-state index contributed by atoms with van der Waals surface area (Å²) in [4.78, 5) is 13.7. The van der Waals surface area contributed by atoms with Gasteiger partial charge in [-0.1, -0.05) is 6.07 Å². The molecule has 85 valence electrons. The number of carbonyl (C=O) groups is 1. The molecular formula is C6H9K2NO7V+2. The van der Waals surface area contributed by atoms with Crippen LogP contribution in [0.3, 0.4) is 0 Å². The molecule has 8 nitrogen and oxygen atoms in total. The molecule has 0 unspecified atom stereocenters. The third-order valence-corrected chi connectivity index (χ3v) is 0.884. The summed E-state index contributed by atoms with van der Waals surface area (Å²) in [6, 6.07) is 4.76. The molecule has 11 heteroatoms. The monoisotopic (exact) mass is 336 g/mol. The number of aromatic nitrogens is 1. The van der Waals surface area contributed by atoms with Crippen molar-refractivity contribution in [3.63, 3.8) is 0 Å². The van der Waals surface area contributed by atoms with Gasteiger partial charge in [0.05, 0.1) is 0 Å². The molecule has 0 saturated carbocycles. The number of hydrogen-bond donors (Lipinski definition) is 5. The molecule has 0 spiro atoms. The van der Waals surface area contributed by atoms with Crippen molar-refractivity contribution in [2.75, 3.05) is 0 Å². The third kappa shape index (κ3) is 23.6. The Balaban J connectivity index is -0.0000000530. The van der Waals surface area contributed by atoms with Crippen molar-refractivity contribution in [3.05, 3.63) is 30.1 Å². The predicted molar refractivity (Wildman–Crippen MR) is 42.4 cm³/mol. The van der Waals surface area contributed by atoms with Gasteiger partial charge in [-0.15, -0.1) is 0 Å². The maximum atomic E-state index is 10.1. The summed E-state index contributed by atoms with van der Waals surface area (Å²) in [6.07, 6.45) is 1.45. The summed E-state index contributed by atoms with van der Waals surface area (Å²) in [5, 5.41) is 32.3.